The Kier molecular flexibility index (Phi) is 8.60. The van der Waals surface area contributed by atoms with Gasteiger partial charge in [0.25, 0.3) is 5.91 Å². The average molecular weight is 481 g/mol. The molecule has 2 heterocycles. The fraction of sp³-hybridized carbons (Fsp3) is 0.500. The summed E-state index contributed by atoms with van der Waals surface area (Å²) in [5.41, 5.74) is 0.756. The maximum absolute atomic E-state index is 12.4. The number of amides is 1. The van der Waals surface area contributed by atoms with Crippen molar-refractivity contribution in [2.24, 2.45) is 10.1 Å². The van der Waals surface area contributed by atoms with Gasteiger partial charge in [-0.2, -0.15) is 4.72 Å². The molecule has 13 heteroatoms. The largest absolute Gasteiger partial charge is 0.480 e. The molecule has 1 aromatic rings. The van der Waals surface area contributed by atoms with E-state index in [1.165, 1.54) is 24.3 Å². The number of carboxylic acid groups (broad SMARTS) is 1. The molecule has 1 amide bonds. The van der Waals surface area contributed by atoms with Gasteiger partial charge in [-0.1, -0.05) is 23.4 Å². The molecular formula is C20H28N6O6S. The number of sulfonamides is 1. The van der Waals surface area contributed by atoms with Gasteiger partial charge in [0.1, 0.15) is 6.04 Å². The number of nitrogens with zero attached hydrogens (tertiary/aromatic N) is 2. The van der Waals surface area contributed by atoms with Gasteiger partial charge in [-0.15, -0.1) is 0 Å². The van der Waals surface area contributed by atoms with E-state index in [0.29, 0.717) is 12.8 Å². The SMILES string of the molecule is O=C(O)C(CNC(=O)C1CC(CCCCNC2=NCCN2)=NO1)NS(=O)(=O)c1ccccc1. The highest BCUT2D eigenvalue weighted by Crippen LogP contribution is 2.15. The average Bonchev–Trinajstić information content (AvgIpc) is 3.49. The zero-order valence-electron chi connectivity index (χ0n) is 18.0. The number of aliphatic carboxylic acids is 1. The number of aliphatic imine (C=N–C) groups is 1. The molecule has 180 valence electrons. The topological polar surface area (TPSA) is 171 Å². The summed E-state index contributed by atoms with van der Waals surface area (Å²) < 4.78 is 26.8. The number of unbranched alkanes of at least 4 members (excludes halogenated alkanes) is 1. The van der Waals surface area contributed by atoms with Crippen molar-refractivity contribution in [3.63, 3.8) is 0 Å². The summed E-state index contributed by atoms with van der Waals surface area (Å²) in [4.78, 5) is 33.2. The van der Waals surface area contributed by atoms with Crippen LogP contribution >= 0.6 is 0 Å². The molecule has 2 atom stereocenters. The van der Waals surface area contributed by atoms with Crippen molar-refractivity contribution < 1.29 is 28.0 Å². The molecular weight excluding hydrogens is 452 g/mol. The Morgan fingerprint density at radius 2 is 2.03 bits per heavy atom. The summed E-state index contributed by atoms with van der Waals surface area (Å²) in [6.45, 7) is 1.98. The van der Waals surface area contributed by atoms with E-state index in [2.05, 4.69) is 30.8 Å². The van der Waals surface area contributed by atoms with Crippen LogP contribution in [0.5, 0.6) is 0 Å². The van der Waals surface area contributed by atoms with E-state index < -0.39 is 40.6 Å². The molecule has 0 saturated heterocycles. The van der Waals surface area contributed by atoms with E-state index in [1.54, 1.807) is 6.07 Å². The second kappa shape index (κ2) is 11.6. The zero-order chi connectivity index (χ0) is 23.7. The van der Waals surface area contributed by atoms with Gasteiger partial charge in [0.2, 0.25) is 16.1 Å². The van der Waals surface area contributed by atoms with Gasteiger partial charge < -0.3 is 25.9 Å². The van der Waals surface area contributed by atoms with Crippen molar-refractivity contribution in [1.29, 1.82) is 0 Å². The van der Waals surface area contributed by atoms with Gasteiger partial charge >= 0.3 is 5.97 Å². The van der Waals surface area contributed by atoms with Crippen LogP contribution in [0, 0.1) is 0 Å². The number of carbonyl (C=O) groups excluding carboxylic acids is 1. The first-order valence-electron chi connectivity index (χ1n) is 10.7. The quantitative estimate of drug-likeness (QED) is 0.247. The van der Waals surface area contributed by atoms with Crippen molar-refractivity contribution in [2.75, 3.05) is 26.2 Å². The lowest BCUT2D eigenvalue weighted by Crippen LogP contribution is -2.49. The molecule has 1 aromatic carbocycles. The minimum Gasteiger partial charge on any atom is -0.480 e. The fourth-order valence-electron chi connectivity index (χ4n) is 3.24. The molecule has 0 spiro atoms. The van der Waals surface area contributed by atoms with Crippen LogP contribution in [0.3, 0.4) is 0 Å². The Balaban J connectivity index is 1.38. The van der Waals surface area contributed by atoms with E-state index in [-0.39, 0.29) is 4.90 Å². The Morgan fingerprint density at radius 3 is 2.73 bits per heavy atom. The van der Waals surface area contributed by atoms with E-state index in [1.807, 2.05) is 0 Å². The van der Waals surface area contributed by atoms with Crippen LogP contribution in [0.25, 0.3) is 0 Å². The number of carbonyl (C=O) groups is 2. The Bertz CT molecular complexity index is 998. The highest BCUT2D eigenvalue weighted by molar-refractivity contribution is 7.89. The number of nitrogens with one attached hydrogen (secondary N) is 4. The molecule has 3 rings (SSSR count). The van der Waals surface area contributed by atoms with Crippen molar-refractivity contribution in [2.45, 2.75) is 42.7 Å². The molecule has 0 fully saturated rings. The summed E-state index contributed by atoms with van der Waals surface area (Å²) in [6, 6.07) is 5.86. The molecule has 5 N–H and O–H groups in total. The van der Waals surface area contributed by atoms with Crippen molar-refractivity contribution in [1.82, 2.24) is 20.7 Å². The second-order valence-electron chi connectivity index (χ2n) is 7.57. The number of benzene rings is 1. The lowest BCUT2D eigenvalue weighted by Gasteiger charge is -2.16. The number of hydrogen-bond acceptors (Lipinski definition) is 9. The molecule has 0 radical (unpaired) electrons. The first-order valence-corrected chi connectivity index (χ1v) is 12.1. The molecule has 2 aliphatic rings. The third kappa shape index (κ3) is 7.43. The molecule has 12 nitrogen and oxygen atoms in total. The van der Waals surface area contributed by atoms with E-state index in [4.69, 9.17) is 4.84 Å². The molecule has 2 unspecified atom stereocenters. The molecule has 33 heavy (non-hydrogen) atoms. The number of oxime groups is 1. The number of hydrogen-bond donors (Lipinski definition) is 5. The lowest BCUT2D eigenvalue weighted by atomic mass is 10.1. The van der Waals surface area contributed by atoms with Gasteiger partial charge in [-0.3, -0.25) is 14.6 Å². The predicted molar refractivity (Wildman–Crippen MR) is 120 cm³/mol. The Morgan fingerprint density at radius 1 is 1.24 bits per heavy atom. The van der Waals surface area contributed by atoms with Crippen LogP contribution in [-0.4, -0.2) is 75.4 Å². The number of guanidine groups is 1. The summed E-state index contributed by atoms with van der Waals surface area (Å²) in [5.74, 6) is -1.14. The van der Waals surface area contributed by atoms with Gasteiger partial charge in [0.05, 0.1) is 17.2 Å². The van der Waals surface area contributed by atoms with Crippen molar-refractivity contribution in [3.05, 3.63) is 30.3 Å². The summed E-state index contributed by atoms with van der Waals surface area (Å²) >= 11 is 0. The maximum atomic E-state index is 12.4. The zero-order valence-corrected chi connectivity index (χ0v) is 18.8. The van der Waals surface area contributed by atoms with Gasteiger partial charge in [0, 0.05) is 26.1 Å². The van der Waals surface area contributed by atoms with Gasteiger partial charge in [-0.05, 0) is 31.4 Å². The Labute approximate surface area is 191 Å². The summed E-state index contributed by atoms with van der Waals surface area (Å²) in [6.07, 6.45) is 1.88. The van der Waals surface area contributed by atoms with Crippen molar-refractivity contribution in [3.8, 4) is 0 Å². The van der Waals surface area contributed by atoms with E-state index >= 15 is 0 Å². The first kappa shape index (κ1) is 24.5. The highest BCUT2D eigenvalue weighted by Gasteiger charge is 2.30. The standard InChI is InChI=1S/C20H28N6O6S/c27-18(17-12-14(25-32-17)6-4-5-9-21-20-22-10-11-23-20)24-13-16(19(28)29)26-33(30,31)15-7-2-1-3-8-15/h1-3,7-8,16-17,26H,4-6,9-13H2,(H,24,27)(H,28,29)(H2,21,22,23). The first-order chi connectivity index (χ1) is 15.8. The van der Waals surface area contributed by atoms with Gasteiger partial charge in [-0.25, -0.2) is 8.42 Å². The minimum absolute atomic E-state index is 0.0672. The van der Waals surface area contributed by atoms with Crippen LogP contribution in [0.2, 0.25) is 0 Å². The number of carboxylic acids is 1. The second-order valence-corrected chi connectivity index (χ2v) is 9.28. The number of rotatable bonds is 12. The monoisotopic (exact) mass is 480 g/mol. The van der Waals surface area contributed by atoms with Crippen LogP contribution in [0.1, 0.15) is 25.7 Å². The van der Waals surface area contributed by atoms with E-state index in [9.17, 15) is 23.1 Å². The van der Waals surface area contributed by atoms with E-state index in [0.717, 1.165) is 44.1 Å². The molecule has 2 aliphatic heterocycles. The lowest BCUT2D eigenvalue weighted by molar-refractivity contribution is -0.139. The van der Waals surface area contributed by atoms with Crippen LogP contribution < -0.4 is 20.7 Å². The predicted octanol–water partition coefficient (Wildman–Crippen LogP) is -0.602. The Hall–Kier alpha value is -3.19. The normalized spacial score (nSPS) is 18.5. The molecule has 0 saturated carbocycles. The fourth-order valence-corrected chi connectivity index (χ4v) is 4.45. The van der Waals surface area contributed by atoms with Crippen molar-refractivity contribution >= 4 is 33.6 Å². The minimum atomic E-state index is -4.05. The molecule has 0 bridgehead atoms. The molecule has 0 aliphatic carbocycles. The maximum Gasteiger partial charge on any atom is 0.323 e. The highest BCUT2D eigenvalue weighted by atomic mass is 32.2. The molecule has 0 aromatic heterocycles. The van der Waals surface area contributed by atoms with Crippen LogP contribution in [0.15, 0.2) is 45.4 Å². The smallest absolute Gasteiger partial charge is 0.323 e. The third-order valence-electron chi connectivity index (χ3n) is 5.01. The summed E-state index contributed by atoms with van der Waals surface area (Å²) in [7, 11) is -4.05. The summed E-state index contributed by atoms with van der Waals surface area (Å²) in [5, 5.41) is 22.1. The van der Waals surface area contributed by atoms with Crippen LogP contribution in [-0.2, 0) is 24.4 Å². The van der Waals surface area contributed by atoms with Gasteiger partial charge in [0.15, 0.2) is 5.96 Å². The van der Waals surface area contributed by atoms with Crippen LogP contribution in [0.4, 0.5) is 0 Å². The third-order valence-corrected chi connectivity index (χ3v) is 6.50.